The molecule has 0 unspecified atom stereocenters. The number of para-hydroxylation sites is 1. The maximum absolute atomic E-state index is 12.4. The number of hydrogen-bond acceptors (Lipinski definition) is 1. The Morgan fingerprint density at radius 3 is 2.56 bits per heavy atom. The van der Waals surface area contributed by atoms with Crippen molar-refractivity contribution in [1.82, 2.24) is 9.78 Å². The molecule has 1 aromatic heterocycles. The second-order valence-electron chi connectivity index (χ2n) is 4.26. The van der Waals surface area contributed by atoms with Crippen LogP contribution in [0.2, 0.25) is 0 Å². The van der Waals surface area contributed by atoms with Crippen LogP contribution in [0.25, 0.3) is 11.3 Å². The minimum absolute atomic E-state index is 0.0219. The summed E-state index contributed by atoms with van der Waals surface area (Å²) >= 11 is 0. The molecule has 3 heteroatoms. The summed E-state index contributed by atoms with van der Waals surface area (Å²) in [5, 5.41) is 3.14. The van der Waals surface area contributed by atoms with Crippen molar-refractivity contribution in [2.45, 2.75) is 27.2 Å². The van der Waals surface area contributed by atoms with Crippen molar-refractivity contribution in [3.05, 3.63) is 58.0 Å². The lowest BCUT2D eigenvalue weighted by Gasteiger charge is -2.00. The van der Waals surface area contributed by atoms with Gasteiger partial charge in [-0.1, -0.05) is 31.2 Å². The van der Waals surface area contributed by atoms with Gasteiger partial charge >= 0.3 is 0 Å². The maximum atomic E-state index is 12.4. The van der Waals surface area contributed by atoms with Crippen molar-refractivity contribution >= 4 is 5.57 Å². The summed E-state index contributed by atoms with van der Waals surface area (Å²) < 4.78 is 1.60. The summed E-state index contributed by atoms with van der Waals surface area (Å²) in [6.45, 7) is 5.97. The van der Waals surface area contributed by atoms with Gasteiger partial charge in [-0.25, -0.2) is 4.68 Å². The summed E-state index contributed by atoms with van der Waals surface area (Å²) in [6, 6.07) is 9.63. The summed E-state index contributed by atoms with van der Waals surface area (Å²) in [6.07, 6.45) is 2.87. The molecule has 1 heterocycles. The van der Waals surface area contributed by atoms with Crippen LogP contribution in [0.15, 0.2) is 41.2 Å². The minimum Gasteiger partial charge on any atom is -0.295 e. The lowest BCUT2D eigenvalue weighted by Crippen LogP contribution is -2.16. The van der Waals surface area contributed by atoms with E-state index in [0.717, 1.165) is 28.9 Å². The monoisotopic (exact) mass is 242 g/mol. The largest absolute Gasteiger partial charge is 0.295 e. The third-order valence-corrected chi connectivity index (χ3v) is 3.14. The normalized spacial score (nSPS) is 11.8. The molecule has 1 N–H and O–H groups in total. The third-order valence-electron chi connectivity index (χ3n) is 3.14. The average Bonchev–Trinajstić information content (AvgIpc) is 2.69. The Labute approximate surface area is 107 Å². The van der Waals surface area contributed by atoms with E-state index in [4.69, 9.17) is 0 Å². The van der Waals surface area contributed by atoms with Gasteiger partial charge < -0.3 is 0 Å². The van der Waals surface area contributed by atoms with Crippen LogP contribution in [0.1, 0.15) is 31.5 Å². The Bertz CT molecular complexity index is 618. The van der Waals surface area contributed by atoms with E-state index in [9.17, 15) is 4.79 Å². The van der Waals surface area contributed by atoms with E-state index in [1.807, 2.05) is 50.3 Å². The first-order valence-corrected chi connectivity index (χ1v) is 6.21. The van der Waals surface area contributed by atoms with E-state index in [-0.39, 0.29) is 5.56 Å². The highest BCUT2D eigenvalue weighted by atomic mass is 16.1. The second kappa shape index (κ2) is 5.08. The van der Waals surface area contributed by atoms with Crippen molar-refractivity contribution < 1.29 is 0 Å². The lowest BCUT2D eigenvalue weighted by molar-refractivity contribution is 0.835. The summed E-state index contributed by atoms with van der Waals surface area (Å²) in [5.74, 6) is 0. The summed E-state index contributed by atoms with van der Waals surface area (Å²) in [7, 11) is 0. The number of benzene rings is 1. The van der Waals surface area contributed by atoms with Gasteiger partial charge in [0.2, 0.25) is 0 Å². The zero-order valence-electron chi connectivity index (χ0n) is 11.0. The van der Waals surface area contributed by atoms with Crippen LogP contribution >= 0.6 is 0 Å². The standard InChI is InChI=1S/C15H18N2O/c1-4-12(5-2)14-11(3)16-17(15(14)18)13-9-7-6-8-10-13/h4,6-10,16H,5H2,1-3H3. The molecular weight excluding hydrogens is 224 g/mol. The van der Waals surface area contributed by atoms with Gasteiger partial charge in [0.15, 0.2) is 0 Å². The number of nitrogens with one attached hydrogen (secondary N) is 1. The summed E-state index contributed by atoms with van der Waals surface area (Å²) in [5.41, 5.74) is 3.68. The number of rotatable bonds is 3. The molecule has 0 aliphatic rings. The molecule has 0 saturated heterocycles. The van der Waals surface area contributed by atoms with Gasteiger partial charge in [-0.15, -0.1) is 0 Å². The van der Waals surface area contributed by atoms with Crippen LogP contribution < -0.4 is 5.56 Å². The van der Waals surface area contributed by atoms with Gasteiger partial charge in [0.1, 0.15) is 0 Å². The fourth-order valence-corrected chi connectivity index (χ4v) is 2.21. The fourth-order valence-electron chi connectivity index (χ4n) is 2.21. The van der Waals surface area contributed by atoms with E-state index in [1.165, 1.54) is 0 Å². The van der Waals surface area contributed by atoms with E-state index in [1.54, 1.807) is 4.68 Å². The van der Waals surface area contributed by atoms with Crippen molar-refractivity contribution in [2.24, 2.45) is 0 Å². The summed E-state index contributed by atoms with van der Waals surface area (Å²) in [4.78, 5) is 12.4. The Hall–Kier alpha value is -2.03. The first kappa shape index (κ1) is 12.4. The molecule has 0 saturated carbocycles. The molecule has 0 spiro atoms. The van der Waals surface area contributed by atoms with E-state index in [0.29, 0.717) is 0 Å². The molecule has 3 nitrogen and oxygen atoms in total. The zero-order valence-corrected chi connectivity index (χ0v) is 11.0. The molecule has 2 rings (SSSR count). The van der Waals surface area contributed by atoms with E-state index < -0.39 is 0 Å². The van der Waals surface area contributed by atoms with Crippen LogP contribution in [0, 0.1) is 6.92 Å². The van der Waals surface area contributed by atoms with Gasteiger partial charge in [-0.3, -0.25) is 9.89 Å². The quantitative estimate of drug-likeness (QED) is 0.881. The molecule has 0 bridgehead atoms. The van der Waals surface area contributed by atoms with Crippen LogP contribution in [0.3, 0.4) is 0 Å². The SMILES string of the molecule is CC=C(CC)c1c(C)[nH]n(-c2ccccc2)c1=O. The molecule has 18 heavy (non-hydrogen) atoms. The van der Waals surface area contributed by atoms with Crippen LogP contribution in [0.4, 0.5) is 0 Å². The van der Waals surface area contributed by atoms with Gasteiger partial charge in [-0.05, 0) is 38.0 Å². The highest BCUT2D eigenvalue weighted by Gasteiger charge is 2.14. The number of hydrogen-bond donors (Lipinski definition) is 1. The number of aromatic nitrogens is 2. The molecule has 2 aromatic rings. The second-order valence-corrected chi connectivity index (χ2v) is 4.26. The molecule has 0 aliphatic heterocycles. The minimum atomic E-state index is 0.0219. The van der Waals surface area contributed by atoms with Gasteiger partial charge in [-0.2, -0.15) is 0 Å². The molecule has 0 amide bonds. The highest BCUT2D eigenvalue weighted by molar-refractivity contribution is 5.66. The predicted octanol–water partition coefficient (Wildman–Crippen LogP) is 3.29. The number of allylic oxidation sites excluding steroid dienone is 2. The van der Waals surface area contributed by atoms with Crippen LogP contribution in [-0.4, -0.2) is 9.78 Å². The Morgan fingerprint density at radius 2 is 2.00 bits per heavy atom. The molecule has 0 atom stereocenters. The van der Waals surface area contributed by atoms with Gasteiger partial charge in [0.25, 0.3) is 5.56 Å². The maximum Gasteiger partial charge on any atom is 0.279 e. The average molecular weight is 242 g/mol. The molecule has 0 aliphatic carbocycles. The Morgan fingerprint density at radius 1 is 1.33 bits per heavy atom. The van der Waals surface area contributed by atoms with Crippen LogP contribution in [-0.2, 0) is 0 Å². The first-order valence-electron chi connectivity index (χ1n) is 6.21. The van der Waals surface area contributed by atoms with Crippen molar-refractivity contribution in [2.75, 3.05) is 0 Å². The zero-order chi connectivity index (χ0) is 13.1. The number of nitrogens with zero attached hydrogens (tertiary/aromatic N) is 1. The van der Waals surface area contributed by atoms with Gasteiger partial charge in [0.05, 0.1) is 11.3 Å². The number of aryl methyl sites for hydroxylation is 1. The highest BCUT2D eigenvalue weighted by Crippen LogP contribution is 2.18. The van der Waals surface area contributed by atoms with Crippen LogP contribution in [0.5, 0.6) is 0 Å². The number of H-pyrrole nitrogens is 1. The Kier molecular flexibility index (Phi) is 3.51. The molecule has 94 valence electrons. The van der Waals surface area contributed by atoms with Crippen molar-refractivity contribution in [1.29, 1.82) is 0 Å². The van der Waals surface area contributed by atoms with E-state index in [2.05, 4.69) is 12.0 Å². The van der Waals surface area contributed by atoms with E-state index >= 15 is 0 Å². The molecule has 0 fully saturated rings. The molecular formula is C15H18N2O. The fraction of sp³-hybridized carbons (Fsp3) is 0.267. The molecule has 0 radical (unpaired) electrons. The lowest BCUT2D eigenvalue weighted by atomic mass is 10.0. The molecule has 1 aromatic carbocycles. The van der Waals surface area contributed by atoms with Crippen molar-refractivity contribution in [3.8, 4) is 5.69 Å². The topological polar surface area (TPSA) is 37.8 Å². The van der Waals surface area contributed by atoms with Gasteiger partial charge in [0, 0.05) is 5.69 Å². The third kappa shape index (κ3) is 2.04. The predicted molar refractivity (Wildman–Crippen MR) is 75.1 cm³/mol. The first-order chi connectivity index (χ1) is 8.69. The number of aromatic amines is 1. The Balaban J connectivity index is 2.62. The smallest absolute Gasteiger partial charge is 0.279 e. The van der Waals surface area contributed by atoms with Crippen molar-refractivity contribution in [3.63, 3.8) is 0 Å².